The number of ether oxygens (including phenoxy) is 1. The Hall–Kier alpha value is -2.42. The first-order valence-corrected chi connectivity index (χ1v) is 10.9. The van der Waals surface area contributed by atoms with Gasteiger partial charge in [-0.05, 0) is 56.4 Å². The number of hydrogen-bond acceptors (Lipinski definition) is 5. The summed E-state index contributed by atoms with van der Waals surface area (Å²) in [6, 6.07) is 12.2. The van der Waals surface area contributed by atoms with Crippen LogP contribution in [0.3, 0.4) is 0 Å². The van der Waals surface area contributed by atoms with Gasteiger partial charge in [0.2, 0.25) is 10.0 Å². The molecule has 0 saturated heterocycles. The summed E-state index contributed by atoms with van der Waals surface area (Å²) in [4.78, 5) is 14.9. The van der Waals surface area contributed by atoms with Crippen LogP contribution in [-0.4, -0.2) is 53.5 Å². The highest BCUT2D eigenvalue weighted by Gasteiger charge is 2.20. The zero-order valence-electron chi connectivity index (χ0n) is 17.5. The number of aryl methyl sites for hydroxylation is 1. The Morgan fingerprint density at radius 3 is 2.52 bits per heavy atom. The Morgan fingerprint density at radius 2 is 1.90 bits per heavy atom. The summed E-state index contributed by atoms with van der Waals surface area (Å²) in [5, 5.41) is 2.93. The van der Waals surface area contributed by atoms with Gasteiger partial charge < -0.3 is 15.0 Å². The van der Waals surface area contributed by atoms with Gasteiger partial charge in [-0.1, -0.05) is 25.1 Å². The van der Waals surface area contributed by atoms with Crippen LogP contribution in [0.25, 0.3) is 0 Å². The van der Waals surface area contributed by atoms with Crippen molar-refractivity contribution in [3.8, 4) is 5.75 Å². The van der Waals surface area contributed by atoms with Crippen LogP contribution in [0.4, 0.5) is 0 Å². The van der Waals surface area contributed by atoms with E-state index in [2.05, 4.69) is 10.0 Å². The summed E-state index contributed by atoms with van der Waals surface area (Å²) in [7, 11) is 1.85. The lowest BCUT2D eigenvalue weighted by atomic mass is 10.0. The first kappa shape index (κ1) is 22.9. The number of methoxy groups -OCH3 is 1. The summed E-state index contributed by atoms with van der Waals surface area (Å²) in [6.45, 7) is 4.13. The van der Waals surface area contributed by atoms with E-state index in [1.165, 1.54) is 12.1 Å². The van der Waals surface area contributed by atoms with Crippen molar-refractivity contribution < 1.29 is 17.9 Å². The van der Waals surface area contributed by atoms with E-state index in [1.54, 1.807) is 27.0 Å². The predicted molar refractivity (Wildman–Crippen MR) is 114 cm³/mol. The third kappa shape index (κ3) is 5.79. The van der Waals surface area contributed by atoms with E-state index in [4.69, 9.17) is 4.74 Å². The van der Waals surface area contributed by atoms with Gasteiger partial charge >= 0.3 is 0 Å². The molecule has 7 nitrogen and oxygen atoms in total. The number of sulfonamides is 1. The molecule has 0 radical (unpaired) electrons. The van der Waals surface area contributed by atoms with Gasteiger partial charge in [-0.15, -0.1) is 0 Å². The molecule has 29 heavy (non-hydrogen) atoms. The van der Waals surface area contributed by atoms with E-state index in [1.807, 2.05) is 43.3 Å². The van der Waals surface area contributed by atoms with Crippen molar-refractivity contribution in [2.75, 3.05) is 34.3 Å². The van der Waals surface area contributed by atoms with Crippen LogP contribution in [0.1, 0.15) is 34.5 Å². The summed E-state index contributed by atoms with van der Waals surface area (Å²) < 4.78 is 32.3. The van der Waals surface area contributed by atoms with E-state index >= 15 is 0 Å². The van der Waals surface area contributed by atoms with Crippen LogP contribution in [0.5, 0.6) is 5.75 Å². The molecule has 0 aliphatic carbocycles. The lowest BCUT2D eigenvalue weighted by molar-refractivity contribution is 0.0941. The Morgan fingerprint density at radius 1 is 1.17 bits per heavy atom. The van der Waals surface area contributed by atoms with E-state index in [-0.39, 0.29) is 23.4 Å². The van der Waals surface area contributed by atoms with Crippen molar-refractivity contribution in [2.24, 2.45) is 0 Å². The van der Waals surface area contributed by atoms with Gasteiger partial charge in [0, 0.05) is 18.7 Å². The highest BCUT2D eigenvalue weighted by atomic mass is 32.2. The van der Waals surface area contributed by atoms with Gasteiger partial charge in [0.25, 0.3) is 5.91 Å². The minimum Gasteiger partial charge on any atom is -0.497 e. The number of carbonyl (C=O) groups is 1. The van der Waals surface area contributed by atoms with Crippen molar-refractivity contribution in [1.82, 2.24) is 14.9 Å². The minimum atomic E-state index is -3.63. The second-order valence-electron chi connectivity index (χ2n) is 6.94. The maximum absolute atomic E-state index is 12.8. The third-order valence-corrected chi connectivity index (χ3v) is 6.20. The number of amides is 1. The molecule has 0 aliphatic rings. The smallest absolute Gasteiger partial charge is 0.251 e. The van der Waals surface area contributed by atoms with E-state index < -0.39 is 10.0 Å². The van der Waals surface area contributed by atoms with Crippen LogP contribution >= 0.6 is 0 Å². The third-order valence-electron chi connectivity index (χ3n) is 4.66. The molecule has 2 aromatic rings. The minimum absolute atomic E-state index is 0.0666. The molecule has 2 rings (SSSR count). The molecule has 1 unspecified atom stereocenters. The van der Waals surface area contributed by atoms with Crippen LogP contribution in [0.15, 0.2) is 47.4 Å². The first-order valence-electron chi connectivity index (χ1n) is 9.38. The molecular formula is C21H29N3O4S. The van der Waals surface area contributed by atoms with E-state index in [9.17, 15) is 13.2 Å². The molecule has 0 spiro atoms. The number of carbonyl (C=O) groups excluding carboxylic acids is 1. The SMILES string of the molecule is CCNS(=O)(=O)c1ccc(C)c(C(=O)NCC(c2cccc(OC)c2)N(C)C)c1. The van der Waals surface area contributed by atoms with Crippen LogP contribution in [0, 0.1) is 6.92 Å². The average molecular weight is 420 g/mol. The van der Waals surface area contributed by atoms with Crippen LogP contribution < -0.4 is 14.8 Å². The zero-order chi connectivity index (χ0) is 21.6. The predicted octanol–water partition coefficient (Wildman–Crippen LogP) is 2.33. The van der Waals surface area contributed by atoms with Gasteiger partial charge in [-0.3, -0.25) is 4.79 Å². The Balaban J connectivity index is 2.22. The average Bonchev–Trinajstić information content (AvgIpc) is 2.68. The molecule has 0 saturated carbocycles. The molecule has 1 atom stereocenters. The van der Waals surface area contributed by atoms with Crippen molar-refractivity contribution in [2.45, 2.75) is 24.8 Å². The summed E-state index contributed by atoms with van der Waals surface area (Å²) in [6.07, 6.45) is 0. The van der Waals surface area contributed by atoms with Crippen molar-refractivity contribution in [3.05, 3.63) is 59.2 Å². The molecule has 2 N–H and O–H groups in total. The molecule has 158 valence electrons. The molecule has 0 aromatic heterocycles. The first-order chi connectivity index (χ1) is 13.7. The second kappa shape index (κ2) is 9.87. The van der Waals surface area contributed by atoms with E-state index in [0.717, 1.165) is 11.3 Å². The topological polar surface area (TPSA) is 87.7 Å². The van der Waals surface area contributed by atoms with Gasteiger partial charge in [0.05, 0.1) is 18.0 Å². The Labute approximate surface area is 173 Å². The molecule has 0 aliphatic heterocycles. The lowest BCUT2D eigenvalue weighted by Crippen LogP contribution is -2.35. The fourth-order valence-electron chi connectivity index (χ4n) is 3.02. The van der Waals surface area contributed by atoms with Gasteiger partial charge in [-0.25, -0.2) is 13.1 Å². The van der Waals surface area contributed by atoms with Gasteiger partial charge in [0.1, 0.15) is 5.75 Å². The summed E-state index contributed by atoms with van der Waals surface area (Å²) in [5.41, 5.74) is 2.06. The van der Waals surface area contributed by atoms with Crippen molar-refractivity contribution in [3.63, 3.8) is 0 Å². The highest BCUT2D eigenvalue weighted by molar-refractivity contribution is 7.89. The van der Waals surface area contributed by atoms with Gasteiger partial charge in [0.15, 0.2) is 0 Å². The molecule has 0 bridgehead atoms. The number of nitrogens with one attached hydrogen (secondary N) is 2. The summed E-state index contributed by atoms with van der Waals surface area (Å²) in [5.74, 6) is 0.434. The quantitative estimate of drug-likeness (QED) is 0.651. The normalized spacial score (nSPS) is 12.6. The number of likely N-dealkylation sites (N-methyl/N-ethyl adjacent to an activating group) is 1. The molecule has 8 heteroatoms. The van der Waals surface area contributed by atoms with Crippen molar-refractivity contribution >= 4 is 15.9 Å². The molecule has 0 fully saturated rings. The van der Waals surface area contributed by atoms with Crippen LogP contribution in [-0.2, 0) is 10.0 Å². The Bertz CT molecular complexity index is 958. The lowest BCUT2D eigenvalue weighted by Gasteiger charge is -2.25. The fraction of sp³-hybridized carbons (Fsp3) is 0.381. The standard InChI is InChI=1S/C21H29N3O4S/c1-6-23-29(26,27)18-11-10-15(2)19(13-18)21(25)22-14-20(24(3)4)16-8-7-9-17(12-16)28-5/h7-13,20,23H,6,14H2,1-5H3,(H,22,25). The number of benzene rings is 2. The maximum atomic E-state index is 12.8. The fourth-order valence-corrected chi connectivity index (χ4v) is 4.09. The number of nitrogens with zero attached hydrogens (tertiary/aromatic N) is 1. The van der Waals surface area contributed by atoms with Crippen molar-refractivity contribution in [1.29, 1.82) is 0 Å². The highest BCUT2D eigenvalue weighted by Crippen LogP contribution is 2.22. The zero-order valence-corrected chi connectivity index (χ0v) is 18.3. The maximum Gasteiger partial charge on any atom is 0.251 e. The van der Waals surface area contributed by atoms with E-state index in [0.29, 0.717) is 17.7 Å². The Kier molecular flexibility index (Phi) is 7.78. The molecule has 2 aromatic carbocycles. The monoisotopic (exact) mass is 419 g/mol. The molecule has 1 amide bonds. The largest absolute Gasteiger partial charge is 0.497 e. The number of rotatable bonds is 9. The molecular weight excluding hydrogens is 390 g/mol. The second-order valence-corrected chi connectivity index (χ2v) is 8.71. The number of hydrogen-bond donors (Lipinski definition) is 2. The van der Waals surface area contributed by atoms with Gasteiger partial charge in [-0.2, -0.15) is 0 Å². The van der Waals surface area contributed by atoms with Crippen LogP contribution in [0.2, 0.25) is 0 Å². The molecule has 0 heterocycles. The summed E-state index contributed by atoms with van der Waals surface area (Å²) >= 11 is 0.